The zero-order valence-corrected chi connectivity index (χ0v) is 11.5. The van der Waals surface area contributed by atoms with Gasteiger partial charge in [0.1, 0.15) is 6.54 Å². The zero-order valence-electron chi connectivity index (χ0n) is 11.5. The van der Waals surface area contributed by atoms with Crippen molar-refractivity contribution in [3.63, 3.8) is 0 Å². The molecule has 8 heteroatoms. The molecule has 0 fully saturated rings. The summed E-state index contributed by atoms with van der Waals surface area (Å²) in [6.45, 7) is 3.61. The van der Waals surface area contributed by atoms with E-state index in [9.17, 15) is 9.59 Å². The lowest BCUT2D eigenvalue weighted by Crippen LogP contribution is -2.25. The first-order chi connectivity index (χ1) is 9.63. The summed E-state index contributed by atoms with van der Waals surface area (Å²) < 4.78 is 6.46. The van der Waals surface area contributed by atoms with Gasteiger partial charge in [0.15, 0.2) is 5.69 Å². The van der Waals surface area contributed by atoms with Crippen molar-refractivity contribution in [2.45, 2.75) is 32.7 Å². The van der Waals surface area contributed by atoms with E-state index in [1.54, 1.807) is 0 Å². The van der Waals surface area contributed by atoms with Crippen molar-refractivity contribution >= 4 is 11.9 Å². The number of carboxylic acids is 1. The van der Waals surface area contributed by atoms with Crippen LogP contribution in [-0.2, 0) is 16.1 Å². The highest BCUT2D eigenvalue weighted by Crippen LogP contribution is 1.94. The molecule has 0 aliphatic carbocycles. The van der Waals surface area contributed by atoms with Gasteiger partial charge in [-0.15, -0.1) is 5.10 Å². The molecule has 0 unspecified atom stereocenters. The SMILES string of the molecule is CCCCOCCCNC(=O)c1cn(CC(=O)O)nn1. The molecule has 0 aliphatic rings. The fraction of sp³-hybridized carbons (Fsp3) is 0.667. The first kappa shape index (κ1) is 16.1. The van der Waals surface area contributed by atoms with Gasteiger partial charge in [0, 0.05) is 19.8 Å². The van der Waals surface area contributed by atoms with E-state index in [1.165, 1.54) is 6.20 Å². The van der Waals surface area contributed by atoms with E-state index < -0.39 is 5.97 Å². The number of hydrogen-bond acceptors (Lipinski definition) is 5. The molecule has 1 amide bonds. The Morgan fingerprint density at radius 2 is 2.15 bits per heavy atom. The third kappa shape index (κ3) is 6.28. The van der Waals surface area contributed by atoms with Gasteiger partial charge in [-0.25, -0.2) is 4.68 Å². The van der Waals surface area contributed by atoms with Crippen LogP contribution in [0, 0.1) is 0 Å². The summed E-state index contributed by atoms with van der Waals surface area (Å²) in [7, 11) is 0. The average Bonchev–Trinajstić information content (AvgIpc) is 2.85. The van der Waals surface area contributed by atoms with Gasteiger partial charge in [0.05, 0.1) is 6.20 Å². The Kier molecular flexibility index (Phi) is 7.26. The molecule has 1 heterocycles. The number of aromatic nitrogens is 3. The van der Waals surface area contributed by atoms with Gasteiger partial charge in [-0.2, -0.15) is 0 Å². The highest BCUT2D eigenvalue weighted by molar-refractivity contribution is 5.91. The van der Waals surface area contributed by atoms with Gasteiger partial charge in [-0.05, 0) is 12.8 Å². The third-order valence-electron chi connectivity index (χ3n) is 2.46. The fourth-order valence-electron chi connectivity index (χ4n) is 1.43. The molecule has 0 aromatic carbocycles. The van der Waals surface area contributed by atoms with Crippen LogP contribution in [0.3, 0.4) is 0 Å². The van der Waals surface area contributed by atoms with E-state index in [-0.39, 0.29) is 18.1 Å². The fourth-order valence-corrected chi connectivity index (χ4v) is 1.43. The minimum Gasteiger partial charge on any atom is -0.480 e. The van der Waals surface area contributed by atoms with E-state index in [0.29, 0.717) is 13.2 Å². The topological polar surface area (TPSA) is 106 Å². The maximum Gasteiger partial charge on any atom is 0.325 e. The van der Waals surface area contributed by atoms with Crippen LogP contribution in [0.15, 0.2) is 6.20 Å². The molecule has 1 rings (SSSR count). The number of aliphatic carboxylic acids is 1. The number of nitrogens with one attached hydrogen (secondary N) is 1. The highest BCUT2D eigenvalue weighted by Gasteiger charge is 2.11. The lowest BCUT2D eigenvalue weighted by atomic mass is 10.3. The first-order valence-corrected chi connectivity index (χ1v) is 6.61. The molecule has 1 aromatic heterocycles. The van der Waals surface area contributed by atoms with Crippen molar-refractivity contribution in [1.82, 2.24) is 20.3 Å². The number of carboxylic acid groups (broad SMARTS) is 1. The number of hydrogen-bond donors (Lipinski definition) is 2. The van der Waals surface area contributed by atoms with Crippen molar-refractivity contribution in [2.75, 3.05) is 19.8 Å². The molecule has 0 aliphatic heterocycles. The largest absolute Gasteiger partial charge is 0.480 e. The van der Waals surface area contributed by atoms with Crippen LogP contribution < -0.4 is 5.32 Å². The Bertz CT molecular complexity index is 433. The quantitative estimate of drug-likeness (QED) is 0.598. The van der Waals surface area contributed by atoms with Crippen LogP contribution in [0.1, 0.15) is 36.7 Å². The molecule has 0 radical (unpaired) electrons. The lowest BCUT2D eigenvalue weighted by Gasteiger charge is -2.04. The van der Waals surface area contributed by atoms with Gasteiger partial charge in [0.2, 0.25) is 0 Å². The summed E-state index contributed by atoms with van der Waals surface area (Å²) in [6, 6.07) is 0. The number of rotatable bonds is 10. The average molecular weight is 284 g/mol. The predicted molar refractivity (Wildman–Crippen MR) is 70.3 cm³/mol. The van der Waals surface area contributed by atoms with Gasteiger partial charge in [-0.3, -0.25) is 9.59 Å². The second-order valence-corrected chi connectivity index (χ2v) is 4.27. The van der Waals surface area contributed by atoms with E-state index in [2.05, 4.69) is 22.6 Å². The Morgan fingerprint density at radius 3 is 2.85 bits per heavy atom. The van der Waals surface area contributed by atoms with Crippen LogP contribution in [0.25, 0.3) is 0 Å². The molecule has 8 nitrogen and oxygen atoms in total. The van der Waals surface area contributed by atoms with Crippen molar-refractivity contribution in [2.24, 2.45) is 0 Å². The summed E-state index contributed by atoms with van der Waals surface area (Å²) in [5.74, 6) is -1.40. The molecule has 112 valence electrons. The Hall–Kier alpha value is -1.96. The second kappa shape index (κ2) is 9.03. The molecule has 20 heavy (non-hydrogen) atoms. The molecule has 0 bridgehead atoms. The minimum atomic E-state index is -1.04. The van der Waals surface area contributed by atoms with Gasteiger partial charge < -0.3 is 15.2 Å². The minimum absolute atomic E-state index is 0.109. The number of carbonyl (C=O) groups is 2. The van der Waals surface area contributed by atoms with Gasteiger partial charge in [0.25, 0.3) is 5.91 Å². The molecular weight excluding hydrogens is 264 g/mol. The van der Waals surface area contributed by atoms with Crippen LogP contribution in [-0.4, -0.2) is 51.7 Å². The summed E-state index contributed by atoms with van der Waals surface area (Å²) in [5, 5.41) is 18.4. The first-order valence-electron chi connectivity index (χ1n) is 6.61. The summed E-state index contributed by atoms with van der Waals surface area (Å²) in [5.41, 5.74) is 0.109. The monoisotopic (exact) mass is 284 g/mol. The van der Waals surface area contributed by atoms with Crippen LogP contribution in [0.5, 0.6) is 0 Å². The summed E-state index contributed by atoms with van der Waals surface area (Å²) in [6.07, 6.45) is 4.17. The zero-order chi connectivity index (χ0) is 14.8. The molecular formula is C12H20N4O4. The summed E-state index contributed by atoms with van der Waals surface area (Å²) in [4.78, 5) is 22.1. The smallest absolute Gasteiger partial charge is 0.325 e. The Labute approximate surface area is 117 Å². The lowest BCUT2D eigenvalue weighted by molar-refractivity contribution is -0.137. The second-order valence-electron chi connectivity index (χ2n) is 4.27. The number of nitrogens with zero attached hydrogens (tertiary/aromatic N) is 3. The van der Waals surface area contributed by atoms with Crippen molar-refractivity contribution < 1.29 is 19.4 Å². The molecule has 0 saturated heterocycles. The molecule has 0 saturated carbocycles. The molecule has 0 atom stereocenters. The number of unbranched alkanes of at least 4 members (excludes halogenated alkanes) is 1. The Balaban J connectivity index is 2.19. The molecule has 0 spiro atoms. The van der Waals surface area contributed by atoms with Crippen molar-refractivity contribution in [1.29, 1.82) is 0 Å². The summed E-state index contributed by atoms with van der Waals surface area (Å²) >= 11 is 0. The number of ether oxygens (including phenoxy) is 1. The number of amides is 1. The van der Waals surface area contributed by atoms with Crippen LogP contribution in [0.2, 0.25) is 0 Å². The maximum atomic E-state index is 11.7. The van der Waals surface area contributed by atoms with E-state index in [1.807, 2.05) is 0 Å². The number of carbonyl (C=O) groups excluding carboxylic acids is 1. The van der Waals surface area contributed by atoms with Crippen molar-refractivity contribution in [3.05, 3.63) is 11.9 Å². The van der Waals surface area contributed by atoms with E-state index in [0.717, 1.165) is 30.6 Å². The Morgan fingerprint density at radius 1 is 1.40 bits per heavy atom. The van der Waals surface area contributed by atoms with E-state index >= 15 is 0 Å². The van der Waals surface area contributed by atoms with Crippen molar-refractivity contribution in [3.8, 4) is 0 Å². The predicted octanol–water partition coefficient (Wildman–Crippen LogP) is 0.299. The maximum absolute atomic E-state index is 11.7. The third-order valence-corrected chi connectivity index (χ3v) is 2.46. The van der Waals surface area contributed by atoms with E-state index in [4.69, 9.17) is 9.84 Å². The highest BCUT2D eigenvalue weighted by atomic mass is 16.5. The molecule has 2 N–H and O–H groups in total. The molecule has 1 aromatic rings. The van der Waals surface area contributed by atoms with Crippen LogP contribution in [0.4, 0.5) is 0 Å². The van der Waals surface area contributed by atoms with Crippen LogP contribution >= 0.6 is 0 Å². The van der Waals surface area contributed by atoms with Gasteiger partial charge in [-0.1, -0.05) is 18.6 Å². The standard InChI is InChI=1S/C12H20N4O4/c1-2-3-6-20-7-4-5-13-12(19)10-8-16(15-14-10)9-11(17)18/h8H,2-7,9H2,1H3,(H,13,19)(H,17,18). The van der Waals surface area contributed by atoms with Gasteiger partial charge >= 0.3 is 5.97 Å². The normalized spacial score (nSPS) is 10.4.